The zero-order chi connectivity index (χ0) is 10.3. The molecule has 0 bridgehead atoms. The van der Waals surface area contributed by atoms with Crippen LogP contribution < -0.4 is 0 Å². The maximum Gasteiger partial charge on any atom is 0.315 e. The maximum absolute atomic E-state index is 13.1. The Labute approximate surface area is 78.5 Å². The number of Topliss-reactive ketones (excluding diaryl/α,β-unsaturated/α-hetero) is 1. The highest BCUT2D eigenvalue weighted by molar-refractivity contribution is 6.04. The Balaban J connectivity index is 2.74. The van der Waals surface area contributed by atoms with Crippen molar-refractivity contribution in [2.45, 2.75) is 12.8 Å². The number of fused-ring (bicyclic) bond motifs is 1. The van der Waals surface area contributed by atoms with Gasteiger partial charge in [-0.1, -0.05) is 6.07 Å². The predicted octanol–water partition coefficient (Wildman–Crippen LogP) is 1.86. The predicted molar refractivity (Wildman–Crippen MR) is 45.7 cm³/mol. The molecule has 72 valence electrons. The van der Waals surface area contributed by atoms with Crippen molar-refractivity contribution in [3.8, 4) is 0 Å². The van der Waals surface area contributed by atoms with Crippen LogP contribution >= 0.6 is 0 Å². The molecule has 0 heterocycles. The standard InChI is InChI=1S/C9H6FNO3/c10-6-3-1-5-2-4-7(12)8(5)9(6)11(13)14/h1,3H,2,4H2. The second-order valence-electron chi connectivity index (χ2n) is 3.11. The lowest BCUT2D eigenvalue weighted by Gasteiger charge is -1.99. The molecule has 0 radical (unpaired) electrons. The molecule has 0 N–H and O–H groups in total. The van der Waals surface area contributed by atoms with Crippen LogP contribution in [0, 0.1) is 15.9 Å². The highest BCUT2D eigenvalue weighted by Gasteiger charge is 2.31. The van der Waals surface area contributed by atoms with Crippen LogP contribution in [0.5, 0.6) is 0 Å². The van der Waals surface area contributed by atoms with Gasteiger partial charge in [-0.15, -0.1) is 0 Å². The Kier molecular flexibility index (Phi) is 1.80. The van der Waals surface area contributed by atoms with Crippen molar-refractivity contribution in [3.63, 3.8) is 0 Å². The number of nitrogens with zero attached hydrogens (tertiary/aromatic N) is 1. The first-order valence-electron chi connectivity index (χ1n) is 4.10. The average molecular weight is 195 g/mol. The third-order valence-electron chi connectivity index (χ3n) is 2.30. The lowest BCUT2D eigenvalue weighted by Crippen LogP contribution is -2.02. The number of ketones is 1. The Morgan fingerprint density at radius 3 is 2.71 bits per heavy atom. The minimum Gasteiger partial charge on any atom is -0.294 e. The summed E-state index contributed by atoms with van der Waals surface area (Å²) in [5.74, 6) is -1.28. The van der Waals surface area contributed by atoms with Gasteiger partial charge in [0.2, 0.25) is 5.82 Å². The van der Waals surface area contributed by atoms with Crippen molar-refractivity contribution in [1.82, 2.24) is 0 Å². The fourth-order valence-corrected chi connectivity index (χ4v) is 1.68. The summed E-state index contributed by atoms with van der Waals surface area (Å²) in [5, 5.41) is 10.5. The van der Waals surface area contributed by atoms with E-state index < -0.39 is 16.4 Å². The second-order valence-corrected chi connectivity index (χ2v) is 3.11. The Morgan fingerprint density at radius 1 is 1.36 bits per heavy atom. The normalized spacial score (nSPS) is 14.2. The lowest BCUT2D eigenvalue weighted by atomic mass is 10.1. The van der Waals surface area contributed by atoms with E-state index in [4.69, 9.17) is 0 Å². The first kappa shape index (κ1) is 8.80. The molecule has 0 spiro atoms. The number of halogens is 1. The highest BCUT2D eigenvalue weighted by Crippen LogP contribution is 2.32. The van der Waals surface area contributed by atoms with E-state index in [1.165, 1.54) is 6.07 Å². The monoisotopic (exact) mass is 195 g/mol. The number of hydrogen-bond acceptors (Lipinski definition) is 3. The van der Waals surface area contributed by atoms with Gasteiger partial charge >= 0.3 is 5.69 Å². The molecule has 0 unspecified atom stereocenters. The van der Waals surface area contributed by atoms with Gasteiger partial charge < -0.3 is 0 Å². The summed E-state index contributed by atoms with van der Waals surface area (Å²) in [5.41, 5.74) is -0.150. The third kappa shape index (κ3) is 1.09. The SMILES string of the molecule is O=C1CCc2ccc(F)c([N+](=O)[O-])c21. The van der Waals surface area contributed by atoms with E-state index >= 15 is 0 Å². The van der Waals surface area contributed by atoms with Gasteiger partial charge in [-0.2, -0.15) is 4.39 Å². The Bertz CT molecular complexity index is 442. The Hall–Kier alpha value is -1.78. The van der Waals surface area contributed by atoms with Crippen LogP contribution in [0.4, 0.5) is 10.1 Å². The summed E-state index contributed by atoms with van der Waals surface area (Å²) in [6.45, 7) is 0. The zero-order valence-electron chi connectivity index (χ0n) is 7.12. The van der Waals surface area contributed by atoms with Gasteiger partial charge in [-0.25, -0.2) is 0 Å². The molecule has 0 fully saturated rings. The smallest absolute Gasteiger partial charge is 0.294 e. The van der Waals surface area contributed by atoms with Crippen molar-refractivity contribution in [1.29, 1.82) is 0 Å². The van der Waals surface area contributed by atoms with Gasteiger partial charge in [0.25, 0.3) is 0 Å². The number of hydrogen-bond donors (Lipinski definition) is 0. The van der Waals surface area contributed by atoms with Gasteiger partial charge in [-0.3, -0.25) is 14.9 Å². The zero-order valence-corrected chi connectivity index (χ0v) is 7.12. The van der Waals surface area contributed by atoms with E-state index in [0.29, 0.717) is 12.0 Å². The lowest BCUT2D eigenvalue weighted by molar-refractivity contribution is -0.387. The summed E-state index contributed by atoms with van der Waals surface area (Å²) >= 11 is 0. The number of carbonyl (C=O) groups excluding carboxylic acids is 1. The number of nitro benzene ring substituents is 1. The molecule has 1 aromatic rings. The van der Waals surface area contributed by atoms with Crippen LogP contribution in [0.1, 0.15) is 22.3 Å². The molecule has 0 saturated carbocycles. The summed E-state index contributed by atoms with van der Waals surface area (Å²) in [6, 6.07) is 2.47. The van der Waals surface area contributed by atoms with Crippen molar-refractivity contribution in [2.75, 3.05) is 0 Å². The topological polar surface area (TPSA) is 60.2 Å². The molecular weight excluding hydrogens is 189 g/mol. The van der Waals surface area contributed by atoms with Gasteiger partial charge in [0.15, 0.2) is 5.78 Å². The first-order chi connectivity index (χ1) is 6.61. The van der Waals surface area contributed by atoms with Crippen LogP contribution in [0.15, 0.2) is 12.1 Å². The summed E-state index contributed by atoms with van der Waals surface area (Å²) < 4.78 is 13.1. The molecule has 0 saturated heterocycles. The summed E-state index contributed by atoms with van der Waals surface area (Å²) in [4.78, 5) is 21.0. The summed E-state index contributed by atoms with van der Waals surface area (Å²) in [6.07, 6.45) is 0.703. The molecule has 0 amide bonds. The van der Waals surface area contributed by atoms with E-state index in [9.17, 15) is 19.3 Å². The fourth-order valence-electron chi connectivity index (χ4n) is 1.68. The van der Waals surface area contributed by atoms with Crippen LogP contribution in [-0.2, 0) is 6.42 Å². The van der Waals surface area contributed by atoms with Crippen molar-refractivity contribution < 1.29 is 14.1 Å². The Morgan fingerprint density at radius 2 is 2.07 bits per heavy atom. The van der Waals surface area contributed by atoms with Gasteiger partial charge in [0.1, 0.15) is 5.56 Å². The highest BCUT2D eigenvalue weighted by atomic mass is 19.1. The molecule has 5 heteroatoms. The number of carbonyl (C=O) groups is 1. The number of aryl methyl sites for hydroxylation is 1. The van der Waals surface area contributed by atoms with Crippen LogP contribution in [0.3, 0.4) is 0 Å². The first-order valence-corrected chi connectivity index (χ1v) is 4.10. The second kappa shape index (κ2) is 2.87. The number of rotatable bonds is 1. The van der Waals surface area contributed by atoms with E-state index in [-0.39, 0.29) is 17.8 Å². The molecule has 0 aromatic heterocycles. The maximum atomic E-state index is 13.1. The van der Waals surface area contributed by atoms with Crippen LogP contribution in [0.25, 0.3) is 0 Å². The molecule has 1 aliphatic carbocycles. The summed E-state index contributed by atoms with van der Waals surface area (Å²) in [7, 11) is 0. The van der Waals surface area contributed by atoms with E-state index in [1.54, 1.807) is 0 Å². The third-order valence-corrected chi connectivity index (χ3v) is 2.30. The van der Waals surface area contributed by atoms with Crippen molar-refractivity contribution in [2.24, 2.45) is 0 Å². The molecule has 0 atom stereocenters. The van der Waals surface area contributed by atoms with Crippen molar-refractivity contribution >= 4 is 11.5 Å². The molecule has 1 aliphatic rings. The van der Waals surface area contributed by atoms with Gasteiger partial charge in [-0.05, 0) is 18.1 Å². The van der Waals surface area contributed by atoms with Crippen molar-refractivity contribution in [3.05, 3.63) is 39.2 Å². The molecular formula is C9H6FNO3. The van der Waals surface area contributed by atoms with Crippen LogP contribution in [-0.4, -0.2) is 10.7 Å². The van der Waals surface area contributed by atoms with E-state index in [0.717, 1.165) is 6.07 Å². The van der Waals surface area contributed by atoms with Gasteiger partial charge in [0.05, 0.1) is 4.92 Å². The minimum absolute atomic E-state index is 0.0463. The number of benzene rings is 1. The fraction of sp³-hybridized carbons (Fsp3) is 0.222. The quantitative estimate of drug-likeness (QED) is 0.507. The van der Waals surface area contributed by atoms with Crippen LogP contribution in [0.2, 0.25) is 0 Å². The minimum atomic E-state index is -0.941. The molecule has 1 aromatic carbocycles. The van der Waals surface area contributed by atoms with E-state index in [1.807, 2.05) is 0 Å². The largest absolute Gasteiger partial charge is 0.315 e. The number of nitro groups is 1. The molecule has 4 nitrogen and oxygen atoms in total. The molecule has 0 aliphatic heterocycles. The average Bonchev–Trinajstić information content (AvgIpc) is 2.47. The molecule has 14 heavy (non-hydrogen) atoms. The van der Waals surface area contributed by atoms with E-state index in [2.05, 4.69) is 0 Å². The molecule has 2 rings (SSSR count). The van der Waals surface area contributed by atoms with Gasteiger partial charge in [0, 0.05) is 6.42 Å².